The second-order valence-corrected chi connectivity index (χ2v) is 6.75. The second kappa shape index (κ2) is 10.4. The third-order valence-corrected chi connectivity index (χ3v) is 4.68. The Labute approximate surface area is 165 Å². The number of benzene rings is 2. The van der Waals surface area contributed by atoms with Gasteiger partial charge < -0.3 is 15.4 Å². The normalized spacial score (nSPS) is 20.5. The van der Waals surface area contributed by atoms with Crippen LogP contribution >= 0.6 is 0 Å². The first-order chi connectivity index (χ1) is 13.7. The molecule has 2 aromatic rings. The molecule has 0 radical (unpaired) electrons. The standard InChI is InChI=1S/C23H26N2O3/c26-22-14-8-16-28-15-7-6-10-18-9-4-5-13-20(18)23(27)25-21(17-24-22)19-11-2-1-3-12-19/h1-7,9,11-13,21H,8,10,14-17H2,(H,24,26)(H,25,27)/b7-6+. The Balaban J connectivity index is 1.85. The number of carbonyl (C=O) groups excluding carboxylic acids is 2. The molecule has 0 aliphatic carbocycles. The highest BCUT2D eigenvalue weighted by atomic mass is 16.5. The summed E-state index contributed by atoms with van der Waals surface area (Å²) in [7, 11) is 0. The van der Waals surface area contributed by atoms with Gasteiger partial charge in [0.15, 0.2) is 0 Å². The van der Waals surface area contributed by atoms with Crippen LogP contribution in [0.2, 0.25) is 0 Å². The number of hydrogen-bond donors (Lipinski definition) is 2. The van der Waals surface area contributed by atoms with Gasteiger partial charge in [0.1, 0.15) is 0 Å². The maximum atomic E-state index is 13.0. The van der Waals surface area contributed by atoms with Gasteiger partial charge in [0.2, 0.25) is 5.91 Å². The second-order valence-electron chi connectivity index (χ2n) is 6.75. The van der Waals surface area contributed by atoms with Crippen molar-refractivity contribution in [2.45, 2.75) is 25.3 Å². The molecule has 5 nitrogen and oxygen atoms in total. The first kappa shape index (κ1) is 19.8. The molecule has 0 fully saturated rings. The Morgan fingerprint density at radius 1 is 0.929 bits per heavy atom. The molecule has 0 spiro atoms. The molecule has 0 saturated carbocycles. The van der Waals surface area contributed by atoms with Crippen molar-refractivity contribution in [2.24, 2.45) is 0 Å². The lowest BCUT2D eigenvalue weighted by molar-refractivity contribution is -0.121. The van der Waals surface area contributed by atoms with Gasteiger partial charge in [-0.1, -0.05) is 60.7 Å². The largest absolute Gasteiger partial charge is 0.377 e. The lowest BCUT2D eigenvalue weighted by atomic mass is 10.0. The third kappa shape index (κ3) is 5.79. The highest BCUT2D eigenvalue weighted by molar-refractivity contribution is 5.96. The minimum atomic E-state index is -0.301. The van der Waals surface area contributed by atoms with E-state index in [9.17, 15) is 9.59 Å². The van der Waals surface area contributed by atoms with Crippen LogP contribution in [0, 0.1) is 0 Å². The quantitative estimate of drug-likeness (QED) is 0.749. The van der Waals surface area contributed by atoms with Gasteiger partial charge in [-0.3, -0.25) is 9.59 Å². The van der Waals surface area contributed by atoms with E-state index in [2.05, 4.69) is 10.6 Å². The molecule has 3 rings (SSSR count). The Morgan fingerprint density at radius 2 is 1.71 bits per heavy atom. The van der Waals surface area contributed by atoms with Gasteiger partial charge in [-0.2, -0.15) is 0 Å². The Kier molecular flexibility index (Phi) is 7.38. The number of fused-ring (bicyclic) bond motifs is 1. The van der Waals surface area contributed by atoms with Crippen molar-refractivity contribution in [3.8, 4) is 0 Å². The van der Waals surface area contributed by atoms with Crippen LogP contribution in [0.25, 0.3) is 0 Å². The van der Waals surface area contributed by atoms with Crippen LogP contribution in [0.4, 0.5) is 0 Å². The van der Waals surface area contributed by atoms with Gasteiger partial charge in [-0.05, 0) is 30.0 Å². The maximum Gasteiger partial charge on any atom is 0.252 e. The summed E-state index contributed by atoms with van der Waals surface area (Å²) >= 11 is 0. The number of carbonyl (C=O) groups is 2. The molecule has 2 amide bonds. The molecule has 1 aliphatic heterocycles. The third-order valence-electron chi connectivity index (χ3n) is 4.68. The molecule has 1 atom stereocenters. The zero-order valence-corrected chi connectivity index (χ0v) is 15.9. The fourth-order valence-electron chi connectivity index (χ4n) is 3.16. The van der Waals surface area contributed by atoms with Crippen LogP contribution in [0.3, 0.4) is 0 Å². The van der Waals surface area contributed by atoms with Crippen molar-refractivity contribution in [3.05, 3.63) is 83.4 Å². The number of nitrogens with one attached hydrogen (secondary N) is 2. The average Bonchev–Trinajstić information content (AvgIpc) is 2.73. The highest BCUT2D eigenvalue weighted by Gasteiger charge is 2.18. The van der Waals surface area contributed by atoms with Gasteiger partial charge in [0, 0.05) is 25.1 Å². The molecule has 0 saturated heterocycles. The summed E-state index contributed by atoms with van der Waals surface area (Å²) in [5, 5.41) is 6.02. The molecule has 146 valence electrons. The fraction of sp³-hybridized carbons (Fsp3) is 0.304. The number of amides is 2. The number of ether oxygens (including phenoxy) is 1. The summed E-state index contributed by atoms with van der Waals surface area (Å²) in [5.41, 5.74) is 2.56. The van der Waals surface area contributed by atoms with Crippen LogP contribution in [0.15, 0.2) is 66.7 Å². The van der Waals surface area contributed by atoms with Crippen LogP contribution in [-0.4, -0.2) is 31.6 Å². The van der Waals surface area contributed by atoms with E-state index in [1.165, 1.54) is 0 Å². The van der Waals surface area contributed by atoms with Crippen molar-refractivity contribution in [2.75, 3.05) is 19.8 Å². The Hall–Kier alpha value is -2.92. The number of hydrogen-bond acceptors (Lipinski definition) is 3. The first-order valence-electron chi connectivity index (χ1n) is 9.67. The van der Waals surface area contributed by atoms with Crippen LogP contribution in [0.5, 0.6) is 0 Å². The SMILES string of the molecule is O=C1CCCOC/C=C/Cc2ccccc2C(=O)NC(c2ccccc2)CN1. The van der Waals surface area contributed by atoms with Gasteiger partial charge in [0.05, 0.1) is 12.6 Å². The van der Waals surface area contributed by atoms with E-state index in [0.29, 0.717) is 44.6 Å². The highest BCUT2D eigenvalue weighted by Crippen LogP contribution is 2.16. The first-order valence-corrected chi connectivity index (χ1v) is 9.67. The van der Waals surface area contributed by atoms with Crippen molar-refractivity contribution < 1.29 is 14.3 Å². The van der Waals surface area contributed by atoms with Crippen molar-refractivity contribution in [1.82, 2.24) is 10.6 Å². The molecule has 0 bridgehead atoms. The van der Waals surface area contributed by atoms with Crippen molar-refractivity contribution in [3.63, 3.8) is 0 Å². The Bertz CT molecular complexity index is 818. The molecule has 28 heavy (non-hydrogen) atoms. The molecule has 1 heterocycles. The fourth-order valence-corrected chi connectivity index (χ4v) is 3.16. The lowest BCUT2D eigenvalue weighted by Crippen LogP contribution is -2.38. The van der Waals surface area contributed by atoms with Crippen LogP contribution in [-0.2, 0) is 16.0 Å². The molecular formula is C23H26N2O3. The lowest BCUT2D eigenvalue weighted by Gasteiger charge is -2.21. The van der Waals surface area contributed by atoms with Crippen molar-refractivity contribution in [1.29, 1.82) is 0 Å². The van der Waals surface area contributed by atoms with Gasteiger partial charge in [-0.15, -0.1) is 0 Å². The smallest absolute Gasteiger partial charge is 0.252 e. The van der Waals surface area contributed by atoms with E-state index < -0.39 is 0 Å². The Morgan fingerprint density at radius 3 is 2.57 bits per heavy atom. The molecule has 2 aromatic carbocycles. The van der Waals surface area contributed by atoms with Crippen LogP contribution in [0.1, 0.15) is 40.4 Å². The summed E-state index contributed by atoms with van der Waals surface area (Å²) in [6.07, 6.45) is 5.71. The molecular weight excluding hydrogens is 352 g/mol. The van der Waals surface area contributed by atoms with E-state index >= 15 is 0 Å². The van der Waals surface area contributed by atoms with Gasteiger partial charge in [-0.25, -0.2) is 0 Å². The van der Waals surface area contributed by atoms with E-state index in [1.54, 1.807) is 0 Å². The summed E-state index contributed by atoms with van der Waals surface area (Å²) in [5.74, 6) is -0.183. The molecule has 1 unspecified atom stereocenters. The summed E-state index contributed by atoms with van der Waals surface area (Å²) in [6, 6.07) is 17.0. The van der Waals surface area contributed by atoms with E-state index in [-0.39, 0.29) is 17.9 Å². The molecule has 0 aromatic heterocycles. The average molecular weight is 378 g/mol. The van der Waals surface area contributed by atoms with Gasteiger partial charge in [0.25, 0.3) is 5.91 Å². The maximum absolute atomic E-state index is 13.0. The summed E-state index contributed by atoms with van der Waals surface area (Å²) in [4.78, 5) is 25.1. The van der Waals surface area contributed by atoms with E-state index in [4.69, 9.17) is 4.74 Å². The molecule has 1 aliphatic rings. The predicted molar refractivity (Wildman–Crippen MR) is 109 cm³/mol. The zero-order valence-electron chi connectivity index (χ0n) is 15.9. The van der Waals surface area contributed by atoms with E-state index in [0.717, 1.165) is 11.1 Å². The number of allylic oxidation sites excluding steroid dienone is 1. The minimum absolute atomic E-state index is 0.0400. The summed E-state index contributed by atoms with van der Waals surface area (Å²) < 4.78 is 5.54. The van der Waals surface area contributed by atoms with Gasteiger partial charge >= 0.3 is 0 Å². The molecule has 2 N–H and O–H groups in total. The number of rotatable bonds is 1. The topological polar surface area (TPSA) is 67.4 Å². The monoisotopic (exact) mass is 378 g/mol. The zero-order chi connectivity index (χ0) is 19.6. The summed E-state index contributed by atoms with van der Waals surface area (Å²) in [6.45, 7) is 1.40. The predicted octanol–water partition coefficient (Wildman–Crippen LogP) is 3.18. The van der Waals surface area contributed by atoms with Crippen LogP contribution < -0.4 is 10.6 Å². The van der Waals surface area contributed by atoms with E-state index in [1.807, 2.05) is 66.7 Å². The minimum Gasteiger partial charge on any atom is -0.377 e. The van der Waals surface area contributed by atoms with Crippen molar-refractivity contribution >= 4 is 11.8 Å². The molecule has 5 heteroatoms.